The molecular weight excluding hydrogens is 1110 g/mol. The van der Waals surface area contributed by atoms with Crippen molar-refractivity contribution in [3.8, 4) is 85.1 Å². The zero-order valence-corrected chi connectivity index (χ0v) is 43.3. The standard InChI is InChI=1S/C67H47N7O.Pt/c1-67(2,3)50-38-39-68-62(41-50)74-58-37-34-49(66-70-64(47-24-12-6-13-25-47)69-65(71-66)48-26-14-7-15-27-48)40-57(58)56-36-35-53(43-61(56)74)75-52-29-18-28-51(42-52)72-44-73(60-33-17-16-32-59(60)72)63-54(45-20-8-4-9-21-45)30-19-31-55(63)46-22-10-5-11-23-46;/h4-41H,1-3H3;/q-2;/i4D,5D,8D,9D,10D,11D,20D,21D,22D,23D;. The SMILES string of the molecule is [2H]c1c([2H])c([2H])c(-c2cccc(-c3c([2H])c([2H])c([2H])c([2H])c3[2H])c2-[n+]2[c-]n(-c3[c-]c(Oc4[c-]c5c(cc4)c4cc(-c6nc(-c7ccccc7)nc(-c7ccccc7)n6)ccc4n5-c4cc(C(C)(C)C)ccn4)ccc3)c3ccccc32)c([2H])c1[2H].[Pt]. The minimum absolute atomic E-state index is 0. The smallest absolute Gasteiger partial charge is 0.268 e. The Morgan fingerprint density at radius 2 is 1.13 bits per heavy atom. The molecule has 0 saturated heterocycles. The van der Waals surface area contributed by atoms with E-state index in [0.717, 1.165) is 38.5 Å². The van der Waals surface area contributed by atoms with E-state index in [9.17, 15) is 0 Å². The van der Waals surface area contributed by atoms with Crippen molar-refractivity contribution >= 4 is 32.8 Å². The van der Waals surface area contributed by atoms with Crippen LogP contribution in [0.25, 0.3) is 106 Å². The summed E-state index contributed by atoms with van der Waals surface area (Å²) in [5.74, 6) is 2.99. The van der Waals surface area contributed by atoms with Gasteiger partial charge in [-0.15, -0.1) is 29.7 Å². The zero-order valence-electron chi connectivity index (χ0n) is 51.0. The minimum Gasteiger partial charge on any atom is -0.510 e. The number of pyridine rings is 1. The van der Waals surface area contributed by atoms with Crippen molar-refractivity contribution in [3.05, 3.63) is 254 Å². The monoisotopic (exact) mass is 1170 g/mol. The van der Waals surface area contributed by atoms with E-state index in [2.05, 4.69) is 62.0 Å². The van der Waals surface area contributed by atoms with Crippen LogP contribution in [0, 0.1) is 18.5 Å². The molecule has 0 spiro atoms. The molecule has 0 aliphatic rings. The van der Waals surface area contributed by atoms with Crippen molar-refractivity contribution in [2.75, 3.05) is 0 Å². The summed E-state index contributed by atoms with van der Waals surface area (Å²) >= 11 is 0. The number of imidazole rings is 1. The molecule has 0 radical (unpaired) electrons. The van der Waals surface area contributed by atoms with Crippen LogP contribution in [0.1, 0.15) is 40.0 Å². The zero-order chi connectivity index (χ0) is 59.2. The second-order valence-electron chi connectivity index (χ2n) is 18.8. The van der Waals surface area contributed by atoms with Crippen LogP contribution < -0.4 is 9.30 Å². The average Bonchev–Trinajstić information content (AvgIpc) is 1.84. The van der Waals surface area contributed by atoms with Crippen LogP contribution in [0.15, 0.2) is 230 Å². The summed E-state index contributed by atoms with van der Waals surface area (Å²) in [7, 11) is 0. The van der Waals surface area contributed by atoms with Gasteiger partial charge in [0.2, 0.25) is 0 Å². The van der Waals surface area contributed by atoms with E-state index < -0.39 is 60.4 Å². The number of ether oxygens (including phenoxy) is 1. The van der Waals surface area contributed by atoms with Gasteiger partial charge in [0, 0.05) is 61.0 Å². The van der Waals surface area contributed by atoms with E-state index in [1.807, 2.05) is 109 Å². The Morgan fingerprint density at radius 3 is 1.79 bits per heavy atom. The van der Waals surface area contributed by atoms with E-state index in [-0.39, 0.29) is 54.4 Å². The normalized spacial score (nSPS) is 13.4. The number of hydrogen-bond acceptors (Lipinski definition) is 5. The molecule has 0 aliphatic carbocycles. The third-order valence-corrected chi connectivity index (χ3v) is 13.0. The molecule has 0 saturated carbocycles. The summed E-state index contributed by atoms with van der Waals surface area (Å²) in [6.45, 7) is 6.48. The van der Waals surface area contributed by atoms with Crippen LogP contribution in [0.4, 0.5) is 0 Å². The molecule has 9 heteroatoms. The number of aromatic nitrogens is 7. The molecule has 9 aromatic carbocycles. The van der Waals surface area contributed by atoms with Crippen molar-refractivity contribution in [3.63, 3.8) is 0 Å². The molecule has 0 N–H and O–H groups in total. The maximum atomic E-state index is 9.08. The number of hydrogen-bond donors (Lipinski definition) is 0. The first-order valence-corrected chi connectivity index (χ1v) is 24.2. The van der Waals surface area contributed by atoms with Gasteiger partial charge < -0.3 is 13.9 Å². The van der Waals surface area contributed by atoms with Gasteiger partial charge >= 0.3 is 0 Å². The number of rotatable bonds is 10. The van der Waals surface area contributed by atoms with Gasteiger partial charge in [-0.1, -0.05) is 196 Å². The van der Waals surface area contributed by atoms with Gasteiger partial charge in [-0.2, -0.15) is 18.2 Å². The third-order valence-electron chi connectivity index (χ3n) is 13.0. The van der Waals surface area contributed by atoms with Crippen LogP contribution in [-0.4, -0.2) is 29.1 Å². The Morgan fingerprint density at radius 1 is 0.526 bits per heavy atom. The average molecular weight is 1170 g/mol. The van der Waals surface area contributed by atoms with Crippen molar-refractivity contribution in [2.45, 2.75) is 26.2 Å². The van der Waals surface area contributed by atoms with Crippen LogP contribution in [0.2, 0.25) is 0 Å². The third kappa shape index (κ3) is 8.97. The summed E-state index contributed by atoms with van der Waals surface area (Å²) in [6.07, 6.45) is 5.24. The van der Waals surface area contributed by atoms with Crippen molar-refractivity contribution < 1.29 is 44.1 Å². The van der Waals surface area contributed by atoms with Crippen LogP contribution in [0.3, 0.4) is 0 Å². The summed E-state index contributed by atoms with van der Waals surface area (Å²) in [5.41, 5.74) is 6.64. The fourth-order valence-electron chi connectivity index (χ4n) is 9.41. The van der Waals surface area contributed by atoms with Crippen molar-refractivity contribution in [1.82, 2.24) is 29.1 Å². The number of nitrogens with zero attached hydrogens (tertiary/aromatic N) is 7. The molecule has 0 bridgehead atoms. The van der Waals surface area contributed by atoms with E-state index >= 15 is 0 Å². The fraction of sp³-hybridized carbons (Fsp3) is 0.0597. The van der Waals surface area contributed by atoms with Crippen LogP contribution in [0.5, 0.6) is 11.5 Å². The summed E-state index contributed by atoms with van der Waals surface area (Å²) < 4.78 is 99.7. The van der Waals surface area contributed by atoms with E-state index in [4.69, 9.17) is 38.4 Å². The molecule has 13 aromatic rings. The van der Waals surface area contributed by atoms with Crippen molar-refractivity contribution in [1.29, 1.82) is 0 Å². The van der Waals surface area contributed by atoms with Gasteiger partial charge in [-0.3, -0.25) is 4.57 Å². The Hall–Kier alpha value is -9.10. The molecule has 0 atom stereocenters. The molecule has 0 amide bonds. The molecule has 76 heavy (non-hydrogen) atoms. The molecule has 0 fully saturated rings. The Labute approximate surface area is 469 Å². The largest absolute Gasteiger partial charge is 0.510 e. The maximum Gasteiger partial charge on any atom is 0.268 e. The molecule has 0 unspecified atom stereocenters. The Kier molecular flexibility index (Phi) is 9.88. The van der Waals surface area contributed by atoms with Gasteiger partial charge in [0.05, 0.1) is 30.4 Å². The Balaban J connectivity index is 0.00000724. The molecule has 4 aromatic heterocycles. The predicted molar refractivity (Wildman–Crippen MR) is 299 cm³/mol. The van der Waals surface area contributed by atoms with Gasteiger partial charge in [0.25, 0.3) is 6.33 Å². The number of benzene rings is 9. The van der Waals surface area contributed by atoms with Gasteiger partial charge in [-0.05, 0) is 68.6 Å². The second-order valence-corrected chi connectivity index (χ2v) is 18.8. The molecule has 4 heterocycles. The van der Waals surface area contributed by atoms with Crippen LogP contribution in [-0.2, 0) is 26.5 Å². The molecule has 8 nitrogen and oxygen atoms in total. The first-order chi connectivity index (χ1) is 40.9. The summed E-state index contributed by atoms with van der Waals surface area (Å²) in [5, 5.41) is 1.77. The minimum atomic E-state index is -0.583. The molecule has 13 rings (SSSR count). The van der Waals surface area contributed by atoms with E-state index in [1.54, 1.807) is 51.6 Å². The number of para-hydroxylation sites is 3. The quantitative estimate of drug-likeness (QED) is 0.101. The molecular formula is C67H47N7OPt-2. The maximum absolute atomic E-state index is 9.08. The van der Waals surface area contributed by atoms with E-state index in [0.29, 0.717) is 57.0 Å². The Bertz CT molecular complexity index is 4670. The first-order valence-electron chi connectivity index (χ1n) is 29.2. The molecule has 0 aliphatic heterocycles. The van der Waals surface area contributed by atoms with Crippen molar-refractivity contribution in [2.24, 2.45) is 0 Å². The predicted octanol–water partition coefficient (Wildman–Crippen LogP) is 15.4. The second kappa shape index (κ2) is 20.0. The van der Waals surface area contributed by atoms with Crippen LogP contribution >= 0.6 is 0 Å². The summed E-state index contributed by atoms with van der Waals surface area (Å²) in [6, 6.07) is 52.8. The summed E-state index contributed by atoms with van der Waals surface area (Å²) in [4.78, 5) is 19.9. The fourth-order valence-corrected chi connectivity index (χ4v) is 9.41. The topological polar surface area (TPSA) is 74.5 Å². The number of fused-ring (bicyclic) bond motifs is 4. The van der Waals surface area contributed by atoms with Gasteiger partial charge in [0.15, 0.2) is 17.5 Å². The van der Waals surface area contributed by atoms with Gasteiger partial charge in [0.1, 0.15) is 5.82 Å². The van der Waals surface area contributed by atoms with Gasteiger partial charge in [-0.25, -0.2) is 19.9 Å². The van der Waals surface area contributed by atoms with E-state index in [1.165, 1.54) is 0 Å². The first kappa shape index (κ1) is 37.6. The molecule has 368 valence electrons.